The molecule has 0 saturated carbocycles. The van der Waals surface area contributed by atoms with Crippen LogP contribution < -0.4 is 10.6 Å². The molecule has 0 spiro atoms. The maximum Gasteiger partial charge on any atom is 0.411 e. The molecule has 0 radical (unpaired) electrons. The van der Waals surface area contributed by atoms with Gasteiger partial charge in [0.25, 0.3) is 0 Å². The Labute approximate surface area is 147 Å². The highest BCUT2D eigenvalue weighted by Gasteiger charge is 2.08. The topological polar surface area (TPSA) is 76.7 Å². The molecule has 0 aliphatic rings. The van der Waals surface area contributed by atoms with Crippen molar-refractivity contribution in [2.45, 2.75) is 20.3 Å². The van der Waals surface area contributed by atoms with Gasteiger partial charge in [-0.05, 0) is 49.6 Å². The number of benzene rings is 2. The van der Waals surface area contributed by atoms with Crippen LogP contribution in [0.15, 0.2) is 48.5 Å². The molecule has 6 nitrogen and oxygen atoms in total. The molecule has 0 unspecified atom stereocenters. The normalized spacial score (nSPS) is 10.0. The van der Waals surface area contributed by atoms with Gasteiger partial charge >= 0.3 is 12.2 Å². The first-order valence-electron chi connectivity index (χ1n) is 8.16. The Morgan fingerprint density at radius 1 is 0.840 bits per heavy atom. The number of amides is 2. The standard InChI is InChI=1S/C19H22N2O4/c1-3-24-18(22)20-16-11-9-14(10-12-16)13-15-7-5-6-8-17(15)21-19(23)25-4-2/h5-12H,3-4,13H2,1-2H3,(H,20,22)(H,21,23). The smallest absolute Gasteiger partial charge is 0.411 e. The van der Waals surface area contributed by atoms with Crippen LogP contribution in [0.5, 0.6) is 0 Å². The fraction of sp³-hybridized carbons (Fsp3) is 0.263. The number of hydrogen-bond acceptors (Lipinski definition) is 4. The van der Waals surface area contributed by atoms with Gasteiger partial charge in [-0.25, -0.2) is 9.59 Å². The summed E-state index contributed by atoms with van der Waals surface area (Å²) in [5.74, 6) is 0. The highest BCUT2D eigenvalue weighted by atomic mass is 16.6. The second-order valence-corrected chi connectivity index (χ2v) is 5.22. The molecule has 2 rings (SSSR count). The predicted octanol–water partition coefficient (Wildman–Crippen LogP) is 4.41. The van der Waals surface area contributed by atoms with Crippen molar-refractivity contribution in [3.05, 3.63) is 59.7 Å². The highest BCUT2D eigenvalue weighted by Crippen LogP contribution is 2.20. The molecule has 0 atom stereocenters. The average Bonchev–Trinajstić information content (AvgIpc) is 2.59. The van der Waals surface area contributed by atoms with Crippen molar-refractivity contribution in [3.63, 3.8) is 0 Å². The van der Waals surface area contributed by atoms with Gasteiger partial charge in [0.1, 0.15) is 0 Å². The third kappa shape index (κ3) is 5.84. The lowest BCUT2D eigenvalue weighted by Crippen LogP contribution is -2.14. The van der Waals surface area contributed by atoms with E-state index >= 15 is 0 Å². The lowest BCUT2D eigenvalue weighted by Gasteiger charge is -2.11. The summed E-state index contributed by atoms with van der Waals surface area (Å²) in [6, 6.07) is 15.0. The van der Waals surface area contributed by atoms with Gasteiger partial charge in [0.15, 0.2) is 0 Å². The van der Waals surface area contributed by atoms with Gasteiger partial charge in [-0.15, -0.1) is 0 Å². The van der Waals surface area contributed by atoms with E-state index in [0.29, 0.717) is 25.3 Å². The van der Waals surface area contributed by atoms with Crippen molar-refractivity contribution in [1.82, 2.24) is 0 Å². The Hall–Kier alpha value is -3.02. The van der Waals surface area contributed by atoms with Crippen molar-refractivity contribution in [1.29, 1.82) is 0 Å². The summed E-state index contributed by atoms with van der Waals surface area (Å²) >= 11 is 0. The highest BCUT2D eigenvalue weighted by molar-refractivity contribution is 5.86. The van der Waals surface area contributed by atoms with E-state index in [4.69, 9.17) is 9.47 Å². The molecule has 0 aliphatic carbocycles. The molecule has 2 aromatic rings. The zero-order valence-corrected chi connectivity index (χ0v) is 14.4. The summed E-state index contributed by atoms with van der Waals surface area (Å²) in [7, 11) is 0. The number of anilines is 2. The van der Waals surface area contributed by atoms with Crippen LogP contribution in [-0.2, 0) is 15.9 Å². The van der Waals surface area contributed by atoms with E-state index in [-0.39, 0.29) is 0 Å². The molecule has 2 amide bonds. The quantitative estimate of drug-likeness (QED) is 0.815. The van der Waals surface area contributed by atoms with Gasteiger partial charge in [-0.2, -0.15) is 0 Å². The summed E-state index contributed by atoms with van der Waals surface area (Å²) in [5, 5.41) is 5.40. The Balaban J connectivity index is 2.04. The summed E-state index contributed by atoms with van der Waals surface area (Å²) in [6.45, 7) is 4.17. The number of ether oxygens (including phenoxy) is 2. The number of rotatable bonds is 6. The van der Waals surface area contributed by atoms with E-state index in [2.05, 4.69) is 10.6 Å². The van der Waals surface area contributed by atoms with Gasteiger partial charge in [-0.3, -0.25) is 10.6 Å². The number of carbonyl (C=O) groups excluding carboxylic acids is 2. The number of hydrogen-bond donors (Lipinski definition) is 2. The fourth-order valence-corrected chi connectivity index (χ4v) is 2.28. The van der Waals surface area contributed by atoms with E-state index in [1.807, 2.05) is 48.5 Å². The third-order valence-corrected chi connectivity index (χ3v) is 3.40. The zero-order valence-electron chi connectivity index (χ0n) is 14.4. The molecule has 6 heteroatoms. The van der Waals surface area contributed by atoms with Crippen molar-refractivity contribution in [2.75, 3.05) is 23.8 Å². The molecular weight excluding hydrogens is 320 g/mol. The second-order valence-electron chi connectivity index (χ2n) is 5.22. The minimum Gasteiger partial charge on any atom is -0.450 e. The molecule has 25 heavy (non-hydrogen) atoms. The summed E-state index contributed by atoms with van der Waals surface area (Å²) in [5.41, 5.74) is 3.41. The van der Waals surface area contributed by atoms with Gasteiger partial charge in [-0.1, -0.05) is 30.3 Å². The van der Waals surface area contributed by atoms with Crippen molar-refractivity contribution in [3.8, 4) is 0 Å². The van der Waals surface area contributed by atoms with Gasteiger partial charge in [0.05, 0.1) is 13.2 Å². The van der Waals surface area contributed by atoms with Gasteiger partial charge < -0.3 is 9.47 Å². The fourth-order valence-electron chi connectivity index (χ4n) is 2.28. The molecule has 0 bridgehead atoms. The van der Waals surface area contributed by atoms with Crippen LogP contribution in [0.4, 0.5) is 21.0 Å². The monoisotopic (exact) mass is 342 g/mol. The van der Waals surface area contributed by atoms with Gasteiger partial charge in [0, 0.05) is 11.4 Å². The molecule has 0 aromatic heterocycles. The van der Waals surface area contributed by atoms with Crippen molar-refractivity contribution >= 4 is 23.6 Å². The zero-order chi connectivity index (χ0) is 18.1. The lowest BCUT2D eigenvalue weighted by atomic mass is 10.0. The third-order valence-electron chi connectivity index (χ3n) is 3.40. The van der Waals surface area contributed by atoms with Crippen LogP contribution in [-0.4, -0.2) is 25.4 Å². The minimum absolute atomic E-state index is 0.322. The maximum absolute atomic E-state index is 11.6. The Kier molecular flexibility index (Phi) is 6.83. The van der Waals surface area contributed by atoms with Crippen molar-refractivity contribution in [2.24, 2.45) is 0 Å². The summed E-state index contributed by atoms with van der Waals surface area (Å²) in [6.07, 6.45) is -0.300. The predicted molar refractivity (Wildman–Crippen MR) is 97.0 cm³/mol. The van der Waals surface area contributed by atoms with Crippen LogP contribution in [0.2, 0.25) is 0 Å². The van der Waals surface area contributed by atoms with Crippen LogP contribution >= 0.6 is 0 Å². The Morgan fingerprint density at radius 2 is 1.44 bits per heavy atom. The van der Waals surface area contributed by atoms with E-state index in [9.17, 15) is 9.59 Å². The number of para-hydroxylation sites is 1. The minimum atomic E-state index is -0.473. The molecule has 132 valence electrons. The average molecular weight is 342 g/mol. The summed E-state index contributed by atoms with van der Waals surface area (Å²) in [4.78, 5) is 23.0. The number of carbonyl (C=O) groups is 2. The van der Waals surface area contributed by atoms with Crippen LogP contribution in [0.25, 0.3) is 0 Å². The maximum atomic E-state index is 11.6. The molecule has 0 saturated heterocycles. The molecule has 0 aliphatic heterocycles. The SMILES string of the molecule is CCOC(=O)Nc1ccc(Cc2ccccc2NC(=O)OCC)cc1. The van der Waals surface area contributed by atoms with Crippen LogP contribution in [0.1, 0.15) is 25.0 Å². The lowest BCUT2D eigenvalue weighted by molar-refractivity contribution is 0.167. The first-order chi connectivity index (χ1) is 12.1. The van der Waals surface area contributed by atoms with E-state index in [0.717, 1.165) is 16.8 Å². The molecule has 0 fully saturated rings. The Morgan fingerprint density at radius 3 is 2.08 bits per heavy atom. The van der Waals surface area contributed by atoms with Gasteiger partial charge in [0.2, 0.25) is 0 Å². The molecule has 2 aromatic carbocycles. The van der Waals surface area contributed by atoms with Crippen LogP contribution in [0.3, 0.4) is 0 Å². The van der Waals surface area contributed by atoms with Crippen LogP contribution in [0, 0.1) is 0 Å². The first-order valence-corrected chi connectivity index (χ1v) is 8.16. The van der Waals surface area contributed by atoms with E-state index in [1.165, 1.54) is 0 Å². The molecule has 2 N–H and O–H groups in total. The first kappa shape index (κ1) is 18.3. The summed E-state index contributed by atoms with van der Waals surface area (Å²) < 4.78 is 9.76. The molecular formula is C19H22N2O4. The van der Waals surface area contributed by atoms with Crippen molar-refractivity contribution < 1.29 is 19.1 Å². The van der Waals surface area contributed by atoms with E-state index in [1.54, 1.807) is 13.8 Å². The largest absolute Gasteiger partial charge is 0.450 e. The molecule has 0 heterocycles. The Bertz CT molecular complexity index is 714. The van der Waals surface area contributed by atoms with E-state index < -0.39 is 12.2 Å². The second kappa shape index (κ2) is 9.32. The number of nitrogens with one attached hydrogen (secondary N) is 2.